The first-order valence-electron chi connectivity index (χ1n) is 7.30. The van der Waals surface area contributed by atoms with Crippen molar-refractivity contribution in [1.82, 2.24) is 10.6 Å². The van der Waals surface area contributed by atoms with Crippen LogP contribution in [0.1, 0.15) is 23.2 Å². The Morgan fingerprint density at radius 1 is 1.42 bits per heavy atom. The summed E-state index contributed by atoms with van der Waals surface area (Å²) in [6, 6.07) is 3.66. The van der Waals surface area contributed by atoms with Crippen molar-refractivity contribution in [2.24, 2.45) is 0 Å². The van der Waals surface area contributed by atoms with Gasteiger partial charge in [-0.2, -0.15) is 5.26 Å². The molecule has 3 N–H and O–H groups in total. The first-order valence-corrected chi connectivity index (χ1v) is 7.68. The van der Waals surface area contributed by atoms with Gasteiger partial charge in [-0.15, -0.1) is 13.2 Å². The van der Waals surface area contributed by atoms with Gasteiger partial charge in [0.05, 0.1) is 11.1 Å². The van der Waals surface area contributed by atoms with E-state index in [1.54, 1.807) is 0 Å². The van der Waals surface area contributed by atoms with E-state index < -0.39 is 40.6 Å². The van der Waals surface area contributed by atoms with E-state index in [1.165, 1.54) is 0 Å². The van der Waals surface area contributed by atoms with Gasteiger partial charge in [0.25, 0.3) is 0 Å². The highest BCUT2D eigenvalue weighted by Crippen LogP contribution is 2.34. The number of carbonyl (C=O) groups excluding carboxylic acids is 1. The van der Waals surface area contributed by atoms with Crippen LogP contribution in [-0.4, -0.2) is 41.5 Å². The summed E-state index contributed by atoms with van der Waals surface area (Å²) in [6.07, 6.45) is -5.25. The number of Topliss-reactive ketones (excluding diaryl/α,β-unsaturated/α-hetero) is 1. The van der Waals surface area contributed by atoms with Gasteiger partial charge in [0.2, 0.25) is 0 Å². The zero-order valence-corrected chi connectivity index (χ0v) is 13.8. The number of halogens is 4. The second-order valence-corrected chi connectivity index (χ2v) is 6.04. The van der Waals surface area contributed by atoms with Gasteiger partial charge in [-0.25, -0.2) is 4.79 Å². The second kappa shape index (κ2) is 7.39. The van der Waals surface area contributed by atoms with Gasteiger partial charge in [-0.1, -0.05) is 11.6 Å². The number of ketones is 1. The predicted molar refractivity (Wildman–Crippen MR) is 83.0 cm³/mol. The molecule has 0 aromatic heterocycles. The normalized spacial score (nSPS) is 16.3. The number of nitrogens with zero attached hydrogens (tertiary/aromatic N) is 1. The maximum absolute atomic E-state index is 12.5. The van der Waals surface area contributed by atoms with Crippen molar-refractivity contribution in [2.75, 3.05) is 6.54 Å². The number of carbonyl (C=O) groups is 2. The van der Waals surface area contributed by atoms with E-state index >= 15 is 0 Å². The Bertz CT molecular complexity index is 759. The molecule has 0 aliphatic heterocycles. The third-order valence-electron chi connectivity index (χ3n) is 3.66. The van der Waals surface area contributed by atoms with Crippen molar-refractivity contribution < 1.29 is 32.6 Å². The van der Waals surface area contributed by atoms with Crippen LogP contribution in [0.25, 0.3) is 0 Å². The van der Waals surface area contributed by atoms with Crippen LogP contribution in [0.4, 0.5) is 18.0 Å². The molecule has 0 spiro atoms. The topological polar surface area (TPSA) is 111 Å². The molecule has 1 aromatic rings. The molecule has 0 bridgehead atoms. The number of nitrogens with one attached hydrogen (secondary N) is 2. The quantitative estimate of drug-likeness (QED) is 0.616. The molecular weight excluding hydrogens is 379 g/mol. The molecule has 7 nitrogen and oxygen atoms in total. The molecule has 1 atom stereocenters. The molecule has 1 saturated carbocycles. The number of hydrogen-bond acceptors (Lipinski definition) is 5. The fourth-order valence-corrected chi connectivity index (χ4v) is 2.39. The summed E-state index contributed by atoms with van der Waals surface area (Å²) in [6.45, 7) is -0.156. The van der Waals surface area contributed by atoms with Crippen molar-refractivity contribution in [3.63, 3.8) is 0 Å². The third-order valence-corrected chi connectivity index (χ3v) is 3.96. The van der Waals surface area contributed by atoms with Gasteiger partial charge in [0, 0.05) is 12.1 Å². The number of hydrogen-bond donors (Lipinski definition) is 3. The molecule has 2 rings (SSSR count). The molecule has 11 heteroatoms. The lowest BCUT2D eigenvalue weighted by molar-refractivity contribution is -0.274. The second-order valence-electron chi connectivity index (χ2n) is 5.63. The van der Waals surface area contributed by atoms with Crippen molar-refractivity contribution in [2.45, 2.75) is 30.8 Å². The number of rotatable bonds is 7. The summed E-state index contributed by atoms with van der Waals surface area (Å²) in [5.41, 5.74) is -0.882. The lowest BCUT2D eigenvalue weighted by atomic mass is 10.0. The van der Waals surface area contributed by atoms with E-state index in [2.05, 4.69) is 10.1 Å². The average molecular weight is 392 g/mol. The molecule has 0 radical (unpaired) electrons. The summed E-state index contributed by atoms with van der Waals surface area (Å²) in [7, 11) is 0. The highest BCUT2D eigenvalue weighted by molar-refractivity contribution is 6.32. The van der Waals surface area contributed by atoms with Crippen molar-refractivity contribution in [3.05, 3.63) is 28.8 Å². The lowest BCUT2D eigenvalue weighted by Crippen LogP contribution is -2.49. The van der Waals surface area contributed by atoms with Crippen LogP contribution in [-0.2, 0) is 0 Å². The van der Waals surface area contributed by atoms with Crippen LogP contribution < -0.4 is 15.4 Å². The summed E-state index contributed by atoms with van der Waals surface area (Å²) in [5.74, 6) is -1.40. The molecule has 1 amide bonds. The third kappa shape index (κ3) is 5.24. The van der Waals surface area contributed by atoms with Gasteiger partial charge in [0.15, 0.2) is 5.78 Å². The van der Waals surface area contributed by atoms with Gasteiger partial charge in [-0.3, -0.25) is 10.1 Å². The summed E-state index contributed by atoms with van der Waals surface area (Å²) in [4.78, 5) is 23.4. The molecule has 1 aromatic carbocycles. The van der Waals surface area contributed by atoms with Crippen LogP contribution >= 0.6 is 11.6 Å². The molecule has 1 aliphatic rings. The first kappa shape index (κ1) is 19.8. The smallest absolute Gasteiger partial charge is 0.465 e. The minimum absolute atomic E-state index is 0.105. The minimum atomic E-state index is -4.94. The number of ether oxygens (including phenoxy) is 1. The van der Waals surface area contributed by atoms with Crippen LogP contribution in [0.3, 0.4) is 0 Å². The Hall–Kier alpha value is -2.51. The van der Waals surface area contributed by atoms with Gasteiger partial charge < -0.3 is 15.2 Å². The highest BCUT2D eigenvalue weighted by Gasteiger charge is 2.43. The molecule has 1 unspecified atom stereocenters. The predicted octanol–water partition coefficient (Wildman–Crippen LogP) is 2.70. The van der Waals surface area contributed by atoms with Crippen molar-refractivity contribution in [3.8, 4) is 11.8 Å². The maximum atomic E-state index is 12.5. The minimum Gasteiger partial charge on any atom is -0.465 e. The summed E-state index contributed by atoms with van der Waals surface area (Å²) in [5, 5.41) is 22.3. The number of benzene rings is 1. The largest absolute Gasteiger partial charge is 0.573 e. The number of amides is 1. The fourth-order valence-electron chi connectivity index (χ4n) is 2.17. The lowest BCUT2D eigenvalue weighted by Gasteiger charge is -2.19. The molecular formula is C15H13ClF3N3O4. The van der Waals surface area contributed by atoms with Gasteiger partial charge in [0.1, 0.15) is 17.3 Å². The average Bonchev–Trinajstić information content (AvgIpc) is 3.32. The Kier molecular flexibility index (Phi) is 5.63. The molecule has 1 aliphatic carbocycles. The summed E-state index contributed by atoms with van der Waals surface area (Å²) < 4.78 is 40.4. The number of nitriles is 1. The molecule has 26 heavy (non-hydrogen) atoms. The fraction of sp³-hybridized carbons (Fsp3) is 0.400. The molecule has 1 fully saturated rings. The van der Waals surface area contributed by atoms with E-state index in [-0.39, 0.29) is 12.1 Å². The Morgan fingerprint density at radius 3 is 2.54 bits per heavy atom. The molecule has 140 valence electrons. The Balaban J connectivity index is 2.15. The van der Waals surface area contributed by atoms with Crippen molar-refractivity contribution >= 4 is 23.5 Å². The monoisotopic (exact) mass is 391 g/mol. The van der Waals surface area contributed by atoms with Crippen LogP contribution in [0, 0.1) is 11.3 Å². The zero-order chi connectivity index (χ0) is 19.5. The Labute approximate surface area is 150 Å². The van der Waals surface area contributed by atoms with Crippen molar-refractivity contribution in [1.29, 1.82) is 5.26 Å². The summed E-state index contributed by atoms with van der Waals surface area (Å²) >= 11 is 5.70. The molecule has 0 saturated heterocycles. The maximum Gasteiger partial charge on any atom is 0.573 e. The highest BCUT2D eigenvalue weighted by atomic mass is 35.5. The number of alkyl halides is 3. The van der Waals surface area contributed by atoms with Crippen LogP contribution in [0.2, 0.25) is 5.02 Å². The van der Waals surface area contributed by atoms with Gasteiger partial charge >= 0.3 is 12.5 Å². The molecule has 0 heterocycles. The standard InChI is InChI=1S/C15H13ClF3N3O4/c16-9-5-8(1-2-11(9)26-15(17,18)19)12(23)10(22-13(24)25)6-21-14(7-20)3-4-14/h1-2,5,10,21-22H,3-4,6H2,(H,24,25). The Morgan fingerprint density at radius 2 is 2.08 bits per heavy atom. The van der Waals surface area contributed by atoms with Gasteiger partial charge in [-0.05, 0) is 31.0 Å². The van der Waals surface area contributed by atoms with E-state index in [0.717, 1.165) is 18.2 Å². The van der Waals surface area contributed by atoms with E-state index in [9.17, 15) is 22.8 Å². The first-order chi connectivity index (χ1) is 12.1. The number of carboxylic acid groups (broad SMARTS) is 1. The van der Waals surface area contributed by atoms with E-state index in [0.29, 0.717) is 12.8 Å². The van der Waals surface area contributed by atoms with Crippen LogP contribution in [0.5, 0.6) is 5.75 Å². The zero-order valence-electron chi connectivity index (χ0n) is 13.1. The van der Waals surface area contributed by atoms with E-state index in [4.69, 9.17) is 22.0 Å². The van der Waals surface area contributed by atoms with E-state index in [1.807, 2.05) is 11.4 Å². The SMILES string of the molecule is N#CC1(NCC(NC(=O)O)C(=O)c2ccc(OC(F)(F)F)c(Cl)c2)CC1. The van der Waals surface area contributed by atoms with Crippen LogP contribution in [0.15, 0.2) is 18.2 Å².